The third-order valence-electron chi connectivity index (χ3n) is 1.81. The van der Waals surface area contributed by atoms with Crippen LogP contribution in [0.1, 0.15) is 6.92 Å². The molecule has 12 heavy (non-hydrogen) atoms. The lowest BCUT2D eigenvalue weighted by Gasteiger charge is -2.09. The molecule has 0 radical (unpaired) electrons. The first-order valence-corrected chi connectivity index (χ1v) is 4.09. The maximum Gasteiger partial charge on any atom is 0.250 e. The Balaban J connectivity index is 2.76. The Morgan fingerprint density at radius 1 is 1.58 bits per heavy atom. The summed E-state index contributed by atoms with van der Waals surface area (Å²) in [7, 11) is 0. The molecule has 1 atom stereocenters. The second-order valence-corrected chi connectivity index (χ2v) is 3.03. The van der Waals surface area contributed by atoms with Crippen molar-refractivity contribution in [1.29, 1.82) is 0 Å². The smallest absolute Gasteiger partial charge is 0.250 e. The monoisotopic (exact) mass is 166 g/mol. The van der Waals surface area contributed by atoms with Crippen LogP contribution in [-0.4, -0.2) is 11.1 Å². The van der Waals surface area contributed by atoms with Crippen LogP contribution in [0.25, 0.3) is 0 Å². The van der Waals surface area contributed by atoms with Crippen LogP contribution in [0.5, 0.6) is 0 Å². The highest BCUT2D eigenvalue weighted by Gasteiger charge is 2.00. The van der Waals surface area contributed by atoms with E-state index in [4.69, 9.17) is 5.73 Å². The molecular weight excluding hydrogens is 152 g/mol. The van der Waals surface area contributed by atoms with Gasteiger partial charge in [-0.2, -0.15) is 0 Å². The number of hydrogen-bond donors (Lipinski definition) is 1. The second-order valence-electron chi connectivity index (χ2n) is 3.03. The van der Waals surface area contributed by atoms with E-state index in [0.29, 0.717) is 19.0 Å². The fraction of sp³-hybridized carbons (Fsp3) is 0.444. The molecule has 0 aliphatic heterocycles. The average Bonchev–Trinajstić information content (AvgIpc) is 2.09. The molecule has 3 nitrogen and oxygen atoms in total. The van der Waals surface area contributed by atoms with Crippen LogP contribution >= 0.6 is 0 Å². The van der Waals surface area contributed by atoms with Gasteiger partial charge in [-0.3, -0.25) is 4.79 Å². The molecule has 66 valence electrons. The molecular formula is C9H14N2O. The van der Waals surface area contributed by atoms with Crippen molar-refractivity contribution in [3.8, 4) is 0 Å². The molecule has 0 bridgehead atoms. The molecule has 0 aliphatic carbocycles. The zero-order valence-corrected chi connectivity index (χ0v) is 7.23. The summed E-state index contributed by atoms with van der Waals surface area (Å²) in [4.78, 5) is 11.2. The zero-order chi connectivity index (χ0) is 8.97. The second kappa shape index (κ2) is 4.07. The van der Waals surface area contributed by atoms with Crippen LogP contribution < -0.4 is 11.3 Å². The number of hydrogen-bond acceptors (Lipinski definition) is 2. The summed E-state index contributed by atoms with van der Waals surface area (Å²) in [6.45, 7) is 3.34. The van der Waals surface area contributed by atoms with Crippen molar-refractivity contribution in [2.75, 3.05) is 6.54 Å². The van der Waals surface area contributed by atoms with Crippen molar-refractivity contribution < 1.29 is 0 Å². The lowest BCUT2D eigenvalue weighted by atomic mass is 10.2. The van der Waals surface area contributed by atoms with Crippen molar-refractivity contribution >= 4 is 0 Å². The van der Waals surface area contributed by atoms with Crippen molar-refractivity contribution in [3.63, 3.8) is 0 Å². The first kappa shape index (κ1) is 9.00. The van der Waals surface area contributed by atoms with E-state index in [2.05, 4.69) is 0 Å². The van der Waals surface area contributed by atoms with Gasteiger partial charge < -0.3 is 10.3 Å². The molecule has 1 unspecified atom stereocenters. The maximum atomic E-state index is 11.2. The predicted octanol–water partition coefficient (Wildman–Crippen LogP) is 0.443. The molecule has 0 aromatic carbocycles. The van der Waals surface area contributed by atoms with Gasteiger partial charge in [0.25, 0.3) is 5.56 Å². The van der Waals surface area contributed by atoms with Crippen LogP contribution in [-0.2, 0) is 6.54 Å². The van der Waals surface area contributed by atoms with Crippen LogP contribution in [0.15, 0.2) is 29.2 Å². The highest BCUT2D eigenvalue weighted by atomic mass is 16.1. The van der Waals surface area contributed by atoms with Crippen LogP contribution in [0, 0.1) is 5.92 Å². The topological polar surface area (TPSA) is 48.0 Å². The molecule has 0 spiro atoms. The van der Waals surface area contributed by atoms with Crippen LogP contribution in [0.2, 0.25) is 0 Å². The Kier molecular flexibility index (Phi) is 3.05. The molecule has 1 aromatic rings. The van der Waals surface area contributed by atoms with Gasteiger partial charge in [0.15, 0.2) is 0 Å². The van der Waals surface area contributed by atoms with Gasteiger partial charge in [0.2, 0.25) is 0 Å². The van der Waals surface area contributed by atoms with Gasteiger partial charge in [-0.05, 0) is 18.5 Å². The molecule has 0 amide bonds. The number of nitrogens with two attached hydrogens (primary N) is 1. The van der Waals surface area contributed by atoms with Crippen molar-refractivity contribution in [2.45, 2.75) is 13.5 Å². The lowest BCUT2D eigenvalue weighted by molar-refractivity contribution is 0.482. The largest absolute Gasteiger partial charge is 0.330 e. The third-order valence-corrected chi connectivity index (χ3v) is 1.81. The highest BCUT2D eigenvalue weighted by molar-refractivity contribution is 4.93. The summed E-state index contributed by atoms with van der Waals surface area (Å²) < 4.78 is 1.68. The molecule has 1 rings (SSSR count). The molecule has 1 aromatic heterocycles. The van der Waals surface area contributed by atoms with Gasteiger partial charge in [0.05, 0.1) is 0 Å². The number of aromatic nitrogens is 1. The minimum atomic E-state index is 0.0396. The van der Waals surface area contributed by atoms with Crippen molar-refractivity contribution in [2.24, 2.45) is 11.7 Å². The predicted molar refractivity (Wildman–Crippen MR) is 48.9 cm³/mol. The minimum Gasteiger partial charge on any atom is -0.330 e. The summed E-state index contributed by atoms with van der Waals surface area (Å²) in [5.74, 6) is 0.352. The normalized spacial score (nSPS) is 12.8. The van der Waals surface area contributed by atoms with E-state index in [1.807, 2.05) is 13.0 Å². The van der Waals surface area contributed by atoms with Gasteiger partial charge >= 0.3 is 0 Å². The molecule has 0 fully saturated rings. The van der Waals surface area contributed by atoms with E-state index in [1.165, 1.54) is 0 Å². The summed E-state index contributed by atoms with van der Waals surface area (Å²) in [6, 6.07) is 5.15. The maximum absolute atomic E-state index is 11.2. The Labute approximate surface area is 71.8 Å². The van der Waals surface area contributed by atoms with Crippen LogP contribution in [0.3, 0.4) is 0 Å². The minimum absolute atomic E-state index is 0.0396. The number of nitrogens with zero attached hydrogens (tertiary/aromatic N) is 1. The van der Waals surface area contributed by atoms with E-state index in [0.717, 1.165) is 0 Å². The first-order valence-electron chi connectivity index (χ1n) is 4.09. The summed E-state index contributed by atoms with van der Waals surface area (Å²) in [5, 5.41) is 0. The summed E-state index contributed by atoms with van der Waals surface area (Å²) >= 11 is 0. The Hall–Kier alpha value is -1.09. The van der Waals surface area contributed by atoms with Gasteiger partial charge in [-0.1, -0.05) is 13.0 Å². The van der Waals surface area contributed by atoms with Gasteiger partial charge in [0, 0.05) is 18.8 Å². The van der Waals surface area contributed by atoms with Gasteiger partial charge in [0.1, 0.15) is 0 Å². The molecule has 1 heterocycles. The zero-order valence-electron chi connectivity index (χ0n) is 7.23. The number of rotatable bonds is 3. The van der Waals surface area contributed by atoms with E-state index in [9.17, 15) is 4.79 Å². The van der Waals surface area contributed by atoms with Crippen molar-refractivity contribution in [3.05, 3.63) is 34.7 Å². The quantitative estimate of drug-likeness (QED) is 0.708. The van der Waals surface area contributed by atoms with Crippen LogP contribution in [0.4, 0.5) is 0 Å². The highest BCUT2D eigenvalue weighted by Crippen LogP contribution is 1.94. The summed E-state index contributed by atoms with van der Waals surface area (Å²) in [5.41, 5.74) is 5.49. The average molecular weight is 166 g/mol. The SMILES string of the molecule is CC(CN)Cn1ccccc1=O. The van der Waals surface area contributed by atoms with E-state index >= 15 is 0 Å². The third kappa shape index (κ3) is 2.20. The Morgan fingerprint density at radius 3 is 2.92 bits per heavy atom. The van der Waals surface area contributed by atoms with Gasteiger partial charge in [-0.25, -0.2) is 0 Å². The molecule has 0 aliphatic rings. The Morgan fingerprint density at radius 2 is 2.33 bits per heavy atom. The van der Waals surface area contributed by atoms with E-state index < -0.39 is 0 Å². The fourth-order valence-corrected chi connectivity index (χ4v) is 1.02. The first-order chi connectivity index (χ1) is 5.74. The standard InChI is InChI=1S/C9H14N2O/c1-8(6-10)7-11-5-3-2-4-9(11)12/h2-5,8H,6-7,10H2,1H3. The molecule has 2 N–H and O–H groups in total. The molecule has 0 saturated carbocycles. The van der Waals surface area contributed by atoms with E-state index in [1.54, 1.807) is 22.9 Å². The van der Waals surface area contributed by atoms with E-state index in [-0.39, 0.29) is 5.56 Å². The molecule has 0 saturated heterocycles. The van der Waals surface area contributed by atoms with Gasteiger partial charge in [-0.15, -0.1) is 0 Å². The Bertz CT molecular complexity index is 293. The molecule has 3 heteroatoms. The summed E-state index contributed by atoms with van der Waals surface area (Å²) in [6.07, 6.45) is 1.79. The van der Waals surface area contributed by atoms with Crippen molar-refractivity contribution in [1.82, 2.24) is 4.57 Å². The fourth-order valence-electron chi connectivity index (χ4n) is 1.02. The number of pyridine rings is 1. The lowest BCUT2D eigenvalue weighted by Crippen LogP contribution is -2.24.